The zero-order valence-corrected chi connectivity index (χ0v) is 7.24. The van der Waals surface area contributed by atoms with Crippen LogP contribution in [0.2, 0.25) is 0 Å². The summed E-state index contributed by atoms with van der Waals surface area (Å²) in [6.07, 6.45) is 1.63. The maximum absolute atomic E-state index is 11.1. The van der Waals surface area contributed by atoms with E-state index in [-0.39, 0.29) is 5.69 Å². The monoisotopic (exact) mass is 180 g/mol. The second-order valence-corrected chi connectivity index (χ2v) is 2.63. The van der Waals surface area contributed by atoms with Gasteiger partial charge < -0.3 is 4.74 Å². The van der Waals surface area contributed by atoms with Crippen LogP contribution in [0, 0.1) is 6.92 Å². The Hall–Kier alpha value is -1.85. The van der Waals surface area contributed by atoms with E-state index < -0.39 is 0 Å². The molecule has 0 spiro atoms. The van der Waals surface area contributed by atoms with Gasteiger partial charge >= 0.3 is 5.69 Å². The van der Waals surface area contributed by atoms with Crippen molar-refractivity contribution in [1.82, 2.24) is 19.6 Å². The summed E-state index contributed by atoms with van der Waals surface area (Å²) in [6.45, 7) is 1.81. The van der Waals surface area contributed by atoms with Gasteiger partial charge in [0.15, 0.2) is 0 Å². The number of H-pyrrole nitrogens is 1. The molecule has 0 fully saturated rings. The zero-order chi connectivity index (χ0) is 9.42. The number of ether oxygens (including phenoxy) is 1. The first kappa shape index (κ1) is 7.78. The Kier molecular flexibility index (Phi) is 1.54. The van der Waals surface area contributed by atoms with Crippen LogP contribution in [0.1, 0.15) is 5.56 Å². The fourth-order valence-electron chi connectivity index (χ4n) is 1.13. The maximum Gasteiger partial charge on any atom is 0.348 e. The minimum absolute atomic E-state index is 0.298. The highest BCUT2D eigenvalue weighted by atomic mass is 16.5. The Balaban J connectivity index is 2.83. The number of methoxy groups -OCH3 is 1. The van der Waals surface area contributed by atoms with Gasteiger partial charge in [0.2, 0.25) is 5.88 Å². The lowest BCUT2D eigenvalue weighted by molar-refractivity contribution is 0.394. The smallest absolute Gasteiger partial charge is 0.348 e. The molecule has 1 N–H and O–H groups in total. The number of hydrogen-bond donors (Lipinski definition) is 1. The number of aromatic amines is 1. The summed E-state index contributed by atoms with van der Waals surface area (Å²) in [6, 6.07) is 0. The molecule has 13 heavy (non-hydrogen) atoms. The molecular weight excluding hydrogens is 172 g/mol. The van der Waals surface area contributed by atoms with Crippen LogP contribution in [0.4, 0.5) is 0 Å². The highest BCUT2D eigenvalue weighted by Crippen LogP contribution is 2.12. The molecule has 0 aromatic carbocycles. The van der Waals surface area contributed by atoms with Gasteiger partial charge in [-0.05, 0) is 6.92 Å². The summed E-state index contributed by atoms with van der Waals surface area (Å²) >= 11 is 0. The molecule has 2 rings (SSSR count). The van der Waals surface area contributed by atoms with Gasteiger partial charge in [-0.15, -0.1) is 5.10 Å². The van der Waals surface area contributed by atoms with Crippen LogP contribution >= 0.6 is 0 Å². The topological polar surface area (TPSA) is 72.3 Å². The van der Waals surface area contributed by atoms with Gasteiger partial charge in [0.05, 0.1) is 7.11 Å². The van der Waals surface area contributed by atoms with Crippen molar-refractivity contribution in [3.05, 3.63) is 22.2 Å². The lowest BCUT2D eigenvalue weighted by Gasteiger charge is -2.01. The number of nitrogens with one attached hydrogen (secondary N) is 1. The molecule has 0 saturated carbocycles. The van der Waals surface area contributed by atoms with E-state index in [2.05, 4.69) is 15.2 Å². The number of hydrogen-bond acceptors (Lipinski definition) is 4. The standard InChI is InChI=1S/C7H8N4O2/c1-4-3-11-6(8-5(4)13-2)9-10-7(11)12/h3H,1-2H3,(H,10,12). The van der Waals surface area contributed by atoms with Crippen molar-refractivity contribution < 1.29 is 4.74 Å². The van der Waals surface area contributed by atoms with Crippen molar-refractivity contribution >= 4 is 5.78 Å². The SMILES string of the molecule is COc1nc2n[nH]c(=O)n2cc1C. The maximum atomic E-state index is 11.1. The van der Waals surface area contributed by atoms with Crippen LogP contribution in [-0.4, -0.2) is 26.7 Å². The number of aryl methyl sites for hydroxylation is 1. The molecule has 0 aliphatic rings. The van der Waals surface area contributed by atoms with Gasteiger partial charge in [0.25, 0.3) is 5.78 Å². The molecule has 0 amide bonds. The van der Waals surface area contributed by atoms with Crippen molar-refractivity contribution in [3.63, 3.8) is 0 Å². The molecule has 6 nitrogen and oxygen atoms in total. The van der Waals surface area contributed by atoms with E-state index in [0.29, 0.717) is 11.7 Å². The first-order valence-electron chi connectivity index (χ1n) is 3.71. The van der Waals surface area contributed by atoms with E-state index in [1.165, 1.54) is 11.5 Å². The Morgan fingerprint density at radius 2 is 2.38 bits per heavy atom. The molecule has 0 aliphatic carbocycles. The van der Waals surface area contributed by atoms with Crippen LogP contribution in [-0.2, 0) is 0 Å². The van der Waals surface area contributed by atoms with E-state index in [9.17, 15) is 4.79 Å². The predicted molar refractivity (Wildman–Crippen MR) is 44.9 cm³/mol. The minimum atomic E-state index is -0.298. The Morgan fingerprint density at radius 1 is 1.62 bits per heavy atom. The van der Waals surface area contributed by atoms with E-state index in [4.69, 9.17) is 4.74 Å². The molecule has 68 valence electrons. The first-order chi connectivity index (χ1) is 6.22. The molecule has 6 heteroatoms. The third-order valence-electron chi connectivity index (χ3n) is 1.74. The Morgan fingerprint density at radius 3 is 3.08 bits per heavy atom. The van der Waals surface area contributed by atoms with Gasteiger partial charge in [0, 0.05) is 11.8 Å². The normalized spacial score (nSPS) is 10.6. The molecule has 0 radical (unpaired) electrons. The zero-order valence-electron chi connectivity index (χ0n) is 7.24. The third kappa shape index (κ3) is 1.07. The summed E-state index contributed by atoms with van der Waals surface area (Å²) < 4.78 is 6.31. The largest absolute Gasteiger partial charge is 0.481 e. The molecule has 0 unspecified atom stereocenters. The summed E-state index contributed by atoms with van der Waals surface area (Å²) in [5, 5.41) is 6.00. The van der Waals surface area contributed by atoms with Crippen LogP contribution in [0.15, 0.2) is 11.0 Å². The third-order valence-corrected chi connectivity index (χ3v) is 1.74. The van der Waals surface area contributed by atoms with Crippen LogP contribution in [0.25, 0.3) is 5.78 Å². The summed E-state index contributed by atoms with van der Waals surface area (Å²) in [5.74, 6) is 0.791. The molecular formula is C7H8N4O2. The summed E-state index contributed by atoms with van der Waals surface area (Å²) in [5.41, 5.74) is 0.492. The minimum Gasteiger partial charge on any atom is -0.481 e. The van der Waals surface area contributed by atoms with Gasteiger partial charge in [-0.3, -0.25) is 0 Å². The summed E-state index contributed by atoms with van der Waals surface area (Å²) in [4.78, 5) is 15.1. The van der Waals surface area contributed by atoms with Crippen LogP contribution in [0.5, 0.6) is 5.88 Å². The molecule has 0 bridgehead atoms. The molecule has 0 aliphatic heterocycles. The molecule has 2 heterocycles. The second-order valence-electron chi connectivity index (χ2n) is 2.63. The fraction of sp³-hybridized carbons (Fsp3) is 0.286. The number of rotatable bonds is 1. The molecule has 2 aromatic rings. The lowest BCUT2D eigenvalue weighted by atomic mass is 10.4. The van der Waals surface area contributed by atoms with Crippen molar-refractivity contribution in [1.29, 1.82) is 0 Å². The lowest BCUT2D eigenvalue weighted by Crippen LogP contribution is -2.10. The molecule has 0 atom stereocenters. The van der Waals surface area contributed by atoms with E-state index in [1.54, 1.807) is 6.20 Å². The van der Waals surface area contributed by atoms with Crippen molar-refractivity contribution in [2.45, 2.75) is 6.92 Å². The molecule has 2 aromatic heterocycles. The van der Waals surface area contributed by atoms with Crippen molar-refractivity contribution in [2.24, 2.45) is 0 Å². The molecule has 0 saturated heterocycles. The first-order valence-corrected chi connectivity index (χ1v) is 3.71. The van der Waals surface area contributed by atoms with E-state index in [0.717, 1.165) is 5.56 Å². The highest BCUT2D eigenvalue weighted by molar-refractivity contribution is 5.34. The van der Waals surface area contributed by atoms with Crippen molar-refractivity contribution in [2.75, 3.05) is 7.11 Å². The van der Waals surface area contributed by atoms with Crippen molar-refractivity contribution in [3.8, 4) is 5.88 Å². The van der Waals surface area contributed by atoms with E-state index in [1.807, 2.05) is 6.92 Å². The van der Waals surface area contributed by atoms with Gasteiger partial charge in [0.1, 0.15) is 0 Å². The fourth-order valence-corrected chi connectivity index (χ4v) is 1.13. The Bertz CT molecular complexity index is 499. The number of aromatic nitrogens is 4. The summed E-state index contributed by atoms with van der Waals surface area (Å²) in [7, 11) is 1.52. The second kappa shape index (κ2) is 2.58. The highest BCUT2D eigenvalue weighted by Gasteiger charge is 2.06. The number of fused-ring (bicyclic) bond motifs is 1. The number of nitrogens with zero attached hydrogens (tertiary/aromatic N) is 3. The average molecular weight is 180 g/mol. The van der Waals surface area contributed by atoms with Crippen LogP contribution in [0.3, 0.4) is 0 Å². The van der Waals surface area contributed by atoms with Crippen LogP contribution < -0.4 is 10.4 Å². The quantitative estimate of drug-likeness (QED) is 0.656. The van der Waals surface area contributed by atoms with Gasteiger partial charge in [-0.1, -0.05) is 0 Å². The van der Waals surface area contributed by atoms with E-state index >= 15 is 0 Å². The van der Waals surface area contributed by atoms with Gasteiger partial charge in [-0.25, -0.2) is 14.3 Å². The predicted octanol–water partition coefficient (Wildman–Crippen LogP) is -0.265. The average Bonchev–Trinajstić information content (AvgIpc) is 2.47. The van der Waals surface area contributed by atoms with Gasteiger partial charge in [-0.2, -0.15) is 4.98 Å². The Labute approximate surface area is 73.2 Å².